The summed E-state index contributed by atoms with van der Waals surface area (Å²) in [6.07, 6.45) is 13.2. The summed E-state index contributed by atoms with van der Waals surface area (Å²) in [6.45, 7) is 5.53. The maximum absolute atomic E-state index is 5.98. The van der Waals surface area contributed by atoms with Crippen LogP contribution in [-0.2, 0) is 11.2 Å². The Balaban J connectivity index is 0.00000392. The lowest BCUT2D eigenvalue weighted by Gasteiger charge is -2.21. The molecule has 5 nitrogen and oxygen atoms in total. The van der Waals surface area contributed by atoms with Crippen LogP contribution < -0.4 is 10.6 Å². The lowest BCUT2D eigenvalue weighted by Crippen LogP contribution is -2.38. The van der Waals surface area contributed by atoms with Crippen molar-refractivity contribution in [1.29, 1.82) is 0 Å². The summed E-state index contributed by atoms with van der Waals surface area (Å²) in [5.74, 6) is 0.887. The summed E-state index contributed by atoms with van der Waals surface area (Å²) in [4.78, 5) is 8.77. The summed E-state index contributed by atoms with van der Waals surface area (Å²) in [5.41, 5.74) is 1.17. The Morgan fingerprint density at radius 1 is 1.18 bits per heavy atom. The van der Waals surface area contributed by atoms with E-state index in [9.17, 15) is 0 Å². The van der Waals surface area contributed by atoms with Crippen molar-refractivity contribution in [3.63, 3.8) is 0 Å². The first-order valence-corrected chi connectivity index (χ1v) is 10.9. The fourth-order valence-electron chi connectivity index (χ4n) is 3.28. The van der Waals surface area contributed by atoms with Crippen LogP contribution in [0.1, 0.15) is 63.9 Å². The molecule has 2 N–H and O–H groups in total. The van der Waals surface area contributed by atoms with Crippen molar-refractivity contribution in [1.82, 2.24) is 15.6 Å². The fraction of sp³-hybridized carbons (Fsp3) is 0.714. The second-order valence-corrected chi connectivity index (χ2v) is 7.51. The van der Waals surface area contributed by atoms with Gasteiger partial charge in [-0.15, -0.1) is 24.0 Å². The SMILES string of the molecule is CCNC(=NCCCCCOC1CCCCC1)NCCc1ccc(Cl)nc1.I. The number of hydrogen-bond acceptors (Lipinski definition) is 3. The van der Waals surface area contributed by atoms with Gasteiger partial charge in [0.25, 0.3) is 0 Å². The predicted molar refractivity (Wildman–Crippen MR) is 129 cm³/mol. The molecular weight excluding hydrogens is 487 g/mol. The highest BCUT2D eigenvalue weighted by Crippen LogP contribution is 2.20. The van der Waals surface area contributed by atoms with Crippen LogP contribution in [0.2, 0.25) is 5.15 Å². The van der Waals surface area contributed by atoms with Crippen molar-refractivity contribution in [3.8, 4) is 0 Å². The lowest BCUT2D eigenvalue weighted by atomic mass is 9.98. The number of aromatic nitrogens is 1. The quantitative estimate of drug-likeness (QED) is 0.142. The molecule has 0 atom stereocenters. The summed E-state index contributed by atoms with van der Waals surface area (Å²) in [6, 6.07) is 3.84. The van der Waals surface area contributed by atoms with Gasteiger partial charge < -0.3 is 15.4 Å². The van der Waals surface area contributed by atoms with Crippen LogP contribution in [0.5, 0.6) is 0 Å². The Morgan fingerprint density at radius 3 is 2.71 bits per heavy atom. The van der Waals surface area contributed by atoms with Gasteiger partial charge in [-0.25, -0.2) is 4.98 Å². The number of nitrogens with one attached hydrogen (secondary N) is 2. The smallest absolute Gasteiger partial charge is 0.191 e. The van der Waals surface area contributed by atoms with Crippen LogP contribution >= 0.6 is 35.6 Å². The Labute approximate surface area is 192 Å². The van der Waals surface area contributed by atoms with Gasteiger partial charge >= 0.3 is 0 Å². The highest BCUT2D eigenvalue weighted by atomic mass is 127. The van der Waals surface area contributed by atoms with E-state index in [0.29, 0.717) is 11.3 Å². The van der Waals surface area contributed by atoms with Crippen molar-refractivity contribution in [2.45, 2.75) is 70.8 Å². The van der Waals surface area contributed by atoms with Crippen molar-refractivity contribution in [2.24, 2.45) is 4.99 Å². The van der Waals surface area contributed by atoms with E-state index in [0.717, 1.165) is 51.5 Å². The Kier molecular flexibility index (Phi) is 14.7. The van der Waals surface area contributed by atoms with Gasteiger partial charge in [0.15, 0.2) is 5.96 Å². The van der Waals surface area contributed by atoms with Gasteiger partial charge in [0.05, 0.1) is 6.10 Å². The highest BCUT2D eigenvalue weighted by Gasteiger charge is 2.12. The Hall–Kier alpha value is -0.600. The minimum absolute atomic E-state index is 0. The largest absolute Gasteiger partial charge is 0.378 e. The number of guanidine groups is 1. The standard InChI is InChI=1S/C21H35ClN4O.HI/c1-2-23-21(25-15-13-18-11-12-20(22)26-17-18)24-14-7-4-8-16-27-19-9-5-3-6-10-19;/h11-12,17,19H,2-10,13-16H2,1H3,(H2,23,24,25);1H. The van der Waals surface area contributed by atoms with E-state index in [-0.39, 0.29) is 24.0 Å². The van der Waals surface area contributed by atoms with Crippen LogP contribution in [0.15, 0.2) is 23.3 Å². The molecule has 2 rings (SSSR count). The molecular formula is C21H36ClIN4O. The van der Waals surface area contributed by atoms with Crippen molar-refractivity contribution >= 4 is 41.5 Å². The third kappa shape index (κ3) is 11.4. The molecule has 7 heteroatoms. The molecule has 1 aliphatic carbocycles. The van der Waals surface area contributed by atoms with Crippen LogP contribution in [0, 0.1) is 0 Å². The summed E-state index contributed by atoms with van der Waals surface area (Å²) < 4.78 is 5.98. The molecule has 1 heterocycles. The molecule has 0 amide bonds. The minimum Gasteiger partial charge on any atom is -0.378 e. The molecule has 0 radical (unpaired) electrons. The van der Waals surface area contributed by atoms with E-state index in [4.69, 9.17) is 16.3 Å². The molecule has 0 bridgehead atoms. The van der Waals surface area contributed by atoms with E-state index < -0.39 is 0 Å². The zero-order valence-electron chi connectivity index (χ0n) is 17.1. The molecule has 1 fully saturated rings. The Morgan fingerprint density at radius 2 is 2.00 bits per heavy atom. The van der Waals surface area contributed by atoms with Crippen molar-refractivity contribution in [2.75, 3.05) is 26.2 Å². The number of aliphatic imine (C=N–C) groups is 1. The maximum atomic E-state index is 5.98. The average molecular weight is 523 g/mol. The van der Waals surface area contributed by atoms with E-state index in [1.165, 1.54) is 44.1 Å². The van der Waals surface area contributed by atoms with Gasteiger partial charge in [-0.2, -0.15) is 0 Å². The van der Waals surface area contributed by atoms with Crippen LogP contribution in [0.4, 0.5) is 0 Å². The zero-order chi connectivity index (χ0) is 19.2. The number of pyridine rings is 1. The first-order valence-electron chi connectivity index (χ1n) is 10.5. The molecule has 0 spiro atoms. The monoisotopic (exact) mass is 522 g/mol. The van der Waals surface area contributed by atoms with Gasteiger partial charge in [0.1, 0.15) is 5.15 Å². The molecule has 0 unspecified atom stereocenters. The summed E-state index contributed by atoms with van der Waals surface area (Å²) >= 11 is 5.82. The topological polar surface area (TPSA) is 58.5 Å². The van der Waals surface area contributed by atoms with Gasteiger partial charge in [0, 0.05) is 32.4 Å². The lowest BCUT2D eigenvalue weighted by molar-refractivity contribution is 0.0264. The summed E-state index contributed by atoms with van der Waals surface area (Å²) in [7, 11) is 0. The number of hydrogen-bond donors (Lipinski definition) is 2. The number of ether oxygens (including phenoxy) is 1. The van der Waals surface area contributed by atoms with Gasteiger partial charge in [-0.1, -0.05) is 36.9 Å². The van der Waals surface area contributed by atoms with Gasteiger partial charge in [0.2, 0.25) is 0 Å². The van der Waals surface area contributed by atoms with Crippen LogP contribution in [0.25, 0.3) is 0 Å². The fourth-order valence-corrected chi connectivity index (χ4v) is 3.40. The normalized spacial score (nSPS) is 15.1. The maximum Gasteiger partial charge on any atom is 0.191 e. The number of nitrogens with zero attached hydrogens (tertiary/aromatic N) is 2. The highest BCUT2D eigenvalue weighted by molar-refractivity contribution is 14.0. The summed E-state index contributed by atoms with van der Waals surface area (Å²) in [5, 5.41) is 7.22. The molecule has 1 aromatic heterocycles. The first-order chi connectivity index (χ1) is 13.3. The molecule has 1 aromatic rings. The molecule has 28 heavy (non-hydrogen) atoms. The molecule has 1 aliphatic rings. The second kappa shape index (κ2) is 16.2. The predicted octanol–water partition coefficient (Wildman–Crippen LogP) is 4.97. The van der Waals surface area contributed by atoms with Crippen molar-refractivity contribution < 1.29 is 4.74 Å². The minimum atomic E-state index is 0. The van der Waals surface area contributed by atoms with E-state index in [1.54, 1.807) is 0 Å². The average Bonchev–Trinajstić information content (AvgIpc) is 2.69. The van der Waals surface area contributed by atoms with Gasteiger partial charge in [-0.05, 0) is 57.1 Å². The number of halogens is 2. The molecule has 1 saturated carbocycles. The number of rotatable bonds is 11. The third-order valence-electron chi connectivity index (χ3n) is 4.82. The first kappa shape index (κ1) is 25.4. The third-order valence-corrected chi connectivity index (χ3v) is 5.04. The molecule has 0 aliphatic heterocycles. The van der Waals surface area contributed by atoms with E-state index >= 15 is 0 Å². The van der Waals surface area contributed by atoms with Crippen molar-refractivity contribution in [3.05, 3.63) is 29.0 Å². The van der Waals surface area contributed by atoms with E-state index in [2.05, 4.69) is 27.5 Å². The van der Waals surface area contributed by atoms with Crippen LogP contribution in [0.3, 0.4) is 0 Å². The van der Waals surface area contributed by atoms with Crippen LogP contribution in [-0.4, -0.2) is 43.3 Å². The van der Waals surface area contributed by atoms with Gasteiger partial charge in [-0.3, -0.25) is 4.99 Å². The van der Waals surface area contributed by atoms with E-state index in [1.807, 2.05) is 18.3 Å². The zero-order valence-corrected chi connectivity index (χ0v) is 20.2. The number of unbranched alkanes of at least 4 members (excludes halogenated alkanes) is 2. The molecule has 0 aromatic carbocycles. The molecule has 0 saturated heterocycles. The Bertz CT molecular complexity index is 536. The second-order valence-electron chi connectivity index (χ2n) is 7.12. The molecule has 160 valence electrons.